The molecule has 0 aliphatic heterocycles. The SMILES string of the molecule is Cc1cc(Br)cc(C)c1O[C@H](C)C(=O)NCc1ccco1. The topological polar surface area (TPSA) is 51.5 Å². The molecule has 0 bridgehead atoms. The van der Waals surface area contributed by atoms with Gasteiger partial charge in [0.05, 0.1) is 12.8 Å². The number of halogens is 1. The number of furan rings is 1. The molecular weight excluding hydrogens is 334 g/mol. The van der Waals surface area contributed by atoms with E-state index < -0.39 is 6.10 Å². The van der Waals surface area contributed by atoms with E-state index in [4.69, 9.17) is 9.15 Å². The molecule has 5 heteroatoms. The van der Waals surface area contributed by atoms with Crippen molar-refractivity contribution in [2.45, 2.75) is 33.4 Å². The van der Waals surface area contributed by atoms with E-state index in [0.29, 0.717) is 12.3 Å². The highest BCUT2D eigenvalue weighted by molar-refractivity contribution is 9.10. The summed E-state index contributed by atoms with van der Waals surface area (Å²) in [6.45, 7) is 6.01. The molecule has 0 fully saturated rings. The summed E-state index contributed by atoms with van der Waals surface area (Å²) in [4.78, 5) is 12.0. The van der Waals surface area contributed by atoms with Crippen LogP contribution in [0.15, 0.2) is 39.4 Å². The number of hydrogen-bond acceptors (Lipinski definition) is 3. The molecule has 0 radical (unpaired) electrons. The Hall–Kier alpha value is -1.75. The number of benzene rings is 1. The third-order valence-electron chi connectivity index (χ3n) is 3.11. The molecule has 2 aromatic rings. The zero-order chi connectivity index (χ0) is 15.4. The Morgan fingerprint density at radius 2 is 2.05 bits per heavy atom. The summed E-state index contributed by atoms with van der Waals surface area (Å²) >= 11 is 3.44. The molecule has 2 rings (SSSR count). The van der Waals surface area contributed by atoms with Gasteiger partial charge in [0.1, 0.15) is 11.5 Å². The second kappa shape index (κ2) is 6.80. The zero-order valence-electron chi connectivity index (χ0n) is 12.3. The second-order valence-corrected chi connectivity index (χ2v) is 5.84. The minimum absolute atomic E-state index is 0.173. The number of carbonyl (C=O) groups is 1. The van der Waals surface area contributed by atoms with Crippen LogP contribution in [0.3, 0.4) is 0 Å². The largest absolute Gasteiger partial charge is 0.480 e. The maximum Gasteiger partial charge on any atom is 0.261 e. The number of carbonyl (C=O) groups excluding carboxylic acids is 1. The minimum atomic E-state index is -0.571. The lowest BCUT2D eigenvalue weighted by Gasteiger charge is -2.18. The fourth-order valence-electron chi connectivity index (χ4n) is 2.04. The first-order valence-electron chi connectivity index (χ1n) is 6.71. The Labute approximate surface area is 132 Å². The Kier molecular flexibility index (Phi) is 5.07. The molecule has 0 saturated heterocycles. The van der Waals surface area contributed by atoms with Gasteiger partial charge in [0.25, 0.3) is 5.91 Å². The van der Waals surface area contributed by atoms with Crippen molar-refractivity contribution >= 4 is 21.8 Å². The van der Waals surface area contributed by atoms with Gasteiger partial charge in [-0.05, 0) is 56.2 Å². The molecular formula is C16H18BrNO3. The van der Waals surface area contributed by atoms with Crippen molar-refractivity contribution in [3.8, 4) is 5.75 Å². The van der Waals surface area contributed by atoms with E-state index in [0.717, 1.165) is 21.3 Å². The highest BCUT2D eigenvalue weighted by Crippen LogP contribution is 2.28. The van der Waals surface area contributed by atoms with Gasteiger partial charge < -0.3 is 14.5 Å². The molecule has 1 atom stereocenters. The molecule has 0 saturated carbocycles. The Morgan fingerprint density at radius 3 is 2.62 bits per heavy atom. The smallest absolute Gasteiger partial charge is 0.261 e. The third-order valence-corrected chi connectivity index (χ3v) is 3.56. The van der Waals surface area contributed by atoms with Crippen LogP contribution in [-0.2, 0) is 11.3 Å². The van der Waals surface area contributed by atoms with Crippen molar-refractivity contribution in [2.24, 2.45) is 0 Å². The maximum atomic E-state index is 12.0. The van der Waals surface area contributed by atoms with Crippen LogP contribution in [-0.4, -0.2) is 12.0 Å². The van der Waals surface area contributed by atoms with E-state index in [-0.39, 0.29) is 5.91 Å². The van der Waals surface area contributed by atoms with Crippen LogP contribution in [0.4, 0.5) is 0 Å². The molecule has 4 nitrogen and oxygen atoms in total. The number of rotatable bonds is 5. The van der Waals surface area contributed by atoms with Gasteiger partial charge in [-0.3, -0.25) is 4.79 Å². The van der Waals surface area contributed by atoms with Crippen molar-refractivity contribution in [3.63, 3.8) is 0 Å². The van der Waals surface area contributed by atoms with Gasteiger partial charge in [-0.25, -0.2) is 0 Å². The Morgan fingerprint density at radius 1 is 1.38 bits per heavy atom. The Balaban J connectivity index is 1.97. The lowest BCUT2D eigenvalue weighted by atomic mass is 10.1. The summed E-state index contributed by atoms with van der Waals surface area (Å²) in [5.74, 6) is 1.29. The third kappa shape index (κ3) is 4.11. The first kappa shape index (κ1) is 15.6. The van der Waals surface area contributed by atoms with Crippen molar-refractivity contribution < 1.29 is 13.9 Å². The van der Waals surface area contributed by atoms with Crippen LogP contribution in [0.1, 0.15) is 23.8 Å². The molecule has 0 aliphatic rings. The van der Waals surface area contributed by atoms with E-state index in [1.54, 1.807) is 19.3 Å². The second-order valence-electron chi connectivity index (χ2n) is 4.93. The predicted octanol–water partition coefficient (Wildman–Crippen LogP) is 3.74. The van der Waals surface area contributed by atoms with Gasteiger partial charge in [0.2, 0.25) is 0 Å². The van der Waals surface area contributed by atoms with Gasteiger partial charge in [0.15, 0.2) is 6.10 Å². The quantitative estimate of drug-likeness (QED) is 0.892. The van der Waals surface area contributed by atoms with Crippen LogP contribution >= 0.6 is 15.9 Å². The minimum Gasteiger partial charge on any atom is -0.480 e. The predicted molar refractivity (Wildman–Crippen MR) is 84.3 cm³/mol. The van der Waals surface area contributed by atoms with Crippen LogP contribution < -0.4 is 10.1 Å². The molecule has 1 amide bonds. The lowest BCUT2D eigenvalue weighted by Crippen LogP contribution is -2.36. The molecule has 1 N–H and O–H groups in total. The van der Waals surface area contributed by atoms with E-state index in [1.807, 2.05) is 32.0 Å². The van der Waals surface area contributed by atoms with Crippen molar-refractivity contribution in [2.75, 3.05) is 0 Å². The van der Waals surface area contributed by atoms with Crippen molar-refractivity contribution in [3.05, 3.63) is 51.9 Å². The fourth-order valence-corrected chi connectivity index (χ4v) is 2.73. The first-order chi connectivity index (χ1) is 9.97. The molecule has 0 aliphatic carbocycles. The zero-order valence-corrected chi connectivity index (χ0v) is 13.9. The molecule has 1 aromatic carbocycles. The standard InChI is InChI=1S/C16H18BrNO3/c1-10-7-13(17)8-11(2)15(10)21-12(3)16(19)18-9-14-5-4-6-20-14/h4-8,12H,9H2,1-3H3,(H,18,19)/t12-/m1/s1. The maximum absolute atomic E-state index is 12.0. The van der Waals surface area contributed by atoms with Crippen LogP contribution in [0.25, 0.3) is 0 Å². The number of hydrogen-bond donors (Lipinski definition) is 1. The molecule has 21 heavy (non-hydrogen) atoms. The normalized spacial score (nSPS) is 12.0. The molecule has 0 unspecified atom stereocenters. The summed E-state index contributed by atoms with van der Waals surface area (Å²) in [7, 11) is 0. The monoisotopic (exact) mass is 351 g/mol. The van der Waals surface area contributed by atoms with Gasteiger partial charge in [-0.1, -0.05) is 15.9 Å². The van der Waals surface area contributed by atoms with E-state index in [1.165, 1.54) is 0 Å². The van der Waals surface area contributed by atoms with Gasteiger partial charge in [0, 0.05) is 4.47 Å². The number of nitrogens with one attached hydrogen (secondary N) is 1. The average molecular weight is 352 g/mol. The number of ether oxygens (including phenoxy) is 1. The average Bonchev–Trinajstić information content (AvgIpc) is 2.93. The van der Waals surface area contributed by atoms with E-state index >= 15 is 0 Å². The highest BCUT2D eigenvalue weighted by Gasteiger charge is 2.17. The fraction of sp³-hybridized carbons (Fsp3) is 0.312. The summed E-state index contributed by atoms with van der Waals surface area (Å²) in [5.41, 5.74) is 1.99. The molecule has 1 aromatic heterocycles. The van der Waals surface area contributed by atoms with Crippen LogP contribution in [0, 0.1) is 13.8 Å². The lowest BCUT2D eigenvalue weighted by molar-refractivity contribution is -0.127. The Bertz CT molecular complexity index is 599. The van der Waals surface area contributed by atoms with E-state index in [2.05, 4.69) is 21.2 Å². The molecule has 0 spiro atoms. The van der Waals surface area contributed by atoms with Gasteiger partial charge in [-0.15, -0.1) is 0 Å². The van der Waals surface area contributed by atoms with Crippen molar-refractivity contribution in [1.82, 2.24) is 5.32 Å². The summed E-state index contributed by atoms with van der Waals surface area (Å²) in [6.07, 6.45) is 1.01. The summed E-state index contributed by atoms with van der Waals surface area (Å²) < 4.78 is 12.0. The van der Waals surface area contributed by atoms with Gasteiger partial charge in [-0.2, -0.15) is 0 Å². The number of aryl methyl sites for hydroxylation is 2. The number of amides is 1. The van der Waals surface area contributed by atoms with Crippen LogP contribution in [0.5, 0.6) is 5.75 Å². The molecule has 112 valence electrons. The van der Waals surface area contributed by atoms with E-state index in [9.17, 15) is 4.79 Å². The van der Waals surface area contributed by atoms with Crippen molar-refractivity contribution in [1.29, 1.82) is 0 Å². The van der Waals surface area contributed by atoms with Gasteiger partial charge >= 0.3 is 0 Å². The summed E-state index contributed by atoms with van der Waals surface area (Å²) in [5, 5.41) is 2.79. The first-order valence-corrected chi connectivity index (χ1v) is 7.50. The molecule has 1 heterocycles. The van der Waals surface area contributed by atoms with Crippen LogP contribution in [0.2, 0.25) is 0 Å². The highest BCUT2D eigenvalue weighted by atomic mass is 79.9. The summed E-state index contributed by atoms with van der Waals surface area (Å²) in [6, 6.07) is 7.54.